The van der Waals surface area contributed by atoms with E-state index in [9.17, 15) is 26.4 Å². The van der Waals surface area contributed by atoms with Gasteiger partial charge in [-0.15, -0.1) is 5.10 Å². The van der Waals surface area contributed by atoms with Crippen molar-refractivity contribution in [2.24, 2.45) is 17.3 Å². The van der Waals surface area contributed by atoms with Crippen molar-refractivity contribution in [3.63, 3.8) is 0 Å². The van der Waals surface area contributed by atoms with Gasteiger partial charge in [-0.25, -0.2) is 13.1 Å². The number of halogens is 3. The number of hydrogen-bond donors (Lipinski definition) is 0. The third-order valence-electron chi connectivity index (χ3n) is 7.25. The van der Waals surface area contributed by atoms with Gasteiger partial charge in [-0.05, 0) is 50.1 Å². The highest BCUT2D eigenvalue weighted by Gasteiger charge is 2.38. The highest BCUT2D eigenvalue weighted by atomic mass is 32.2. The van der Waals surface area contributed by atoms with E-state index in [4.69, 9.17) is 0 Å². The third-order valence-corrected chi connectivity index (χ3v) is 9.09. The molecule has 11 nitrogen and oxygen atoms in total. The molecule has 0 bridgehead atoms. The van der Waals surface area contributed by atoms with Crippen LogP contribution in [0.5, 0.6) is 0 Å². The molecule has 4 rings (SSSR count). The van der Waals surface area contributed by atoms with Crippen LogP contribution in [0.2, 0.25) is 0 Å². The van der Waals surface area contributed by atoms with Gasteiger partial charge < -0.3 is 4.57 Å². The second kappa shape index (κ2) is 11.4. The molecule has 1 aliphatic rings. The first-order chi connectivity index (χ1) is 19.1. The molecule has 1 atom stereocenters. The maximum absolute atomic E-state index is 13.3. The number of hydrazone groups is 2. The van der Waals surface area contributed by atoms with Crippen LogP contribution >= 0.6 is 0 Å². The zero-order valence-corrected chi connectivity index (χ0v) is 24.4. The van der Waals surface area contributed by atoms with Gasteiger partial charge >= 0.3 is 6.18 Å². The standard InChI is InChI=1S/C26H33F3N8O3S/c1-17-12-23-20(14-31-37(23)21-11-18(2)25(38)33(5)15-21)13-22(17)24-16-36(10-9-35(24)8-7-26(27,28)29)41(39,40)19(3)32-34(6)30-4/h11-15,24H,4,7-10,16H2,1-3,5-6H3/b32-19+. The second-order valence-corrected chi connectivity index (χ2v) is 12.2. The lowest BCUT2D eigenvalue weighted by Crippen LogP contribution is -2.52. The Bertz CT molecular complexity index is 1640. The van der Waals surface area contributed by atoms with Crippen LogP contribution in [0.3, 0.4) is 0 Å². The highest BCUT2D eigenvalue weighted by Crippen LogP contribution is 2.34. The number of nitrogens with zero attached hydrogens (tertiary/aromatic N) is 8. The Morgan fingerprint density at radius 1 is 1.20 bits per heavy atom. The largest absolute Gasteiger partial charge is 0.390 e. The number of rotatable bonds is 7. The summed E-state index contributed by atoms with van der Waals surface area (Å²) >= 11 is 0. The maximum atomic E-state index is 13.3. The predicted molar refractivity (Wildman–Crippen MR) is 152 cm³/mol. The van der Waals surface area contributed by atoms with E-state index in [1.54, 1.807) is 42.0 Å². The van der Waals surface area contributed by atoms with Crippen molar-refractivity contribution >= 4 is 32.7 Å². The summed E-state index contributed by atoms with van der Waals surface area (Å²) in [4.78, 5) is 13.9. The summed E-state index contributed by atoms with van der Waals surface area (Å²) in [6.07, 6.45) is -2.05. The van der Waals surface area contributed by atoms with Gasteiger partial charge in [-0.2, -0.15) is 32.8 Å². The number of pyridine rings is 1. The van der Waals surface area contributed by atoms with E-state index in [0.29, 0.717) is 16.8 Å². The zero-order chi connectivity index (χ0) is 30.3. The first-order valence-corrected chi connectivity index (χ1v) is 14.3. The molecule has 41 heavy (non-hydrogen) atoms. The molecule has 3 aromatic rings. The molecule has 0 amide bonds. The molecule has 0 N–H and O–H groups in total. The van der Waals surface area contributed by atoms with Crippen molar-refractivity contribution in [1.82, 2.24) is 28.7 Å². The van der Waals surface area contributed by atoms with Crippen molar-refractivity contribution < 1.29 is 21.6 Å². The zero-order valence-electron chi connectivity index (χ0n) is 23.6. The molecular formula is C26H33F3N8O3S. The Balaban J connectivity index is 1.76. The second-order valence-electron chi connectivity index (χ2n) is 10.2. The minimum Gasteiger partial charge on any atom is -0.316 e. The quantitative estimate of drug-likeness (QED) is 0.236. The summed E-state index contributed by atoms with van der Waals surface area (Å²) in [6, 6.07) is 4.83. The van der Waals surface area contributed by atoms with E-state index in [-0.39, 0.29) is 36.8 Å². The van der Waals surface area contributed by atoms with Gasteiger partial charge in [-0.1, -0.05) is 0 Å². The van der Waals surface area contributed by atoms with Gasteiger partial charge in [0, 0.05) is 70.2 Å². The van der Waals surface area contributed by atoms with E-state index in [1.165, 1.54) is 22.8 Å². The van der Waals surface area contributed by atoms with Crippen LogP contribution in [0, 0.1) is 13.8 Å². The lowest BCUT2D eigenvalue weighted by molar-refractivity contribution is -0.140. The number of fused-ring (bicyclic) bond motifs is 1. The first-order valence-electron chi connectivity index (χ1n) is 12.8. The average molecular weight is 595 g/mol. The normalized spacial score (nSPS) is 17.8. The van der Waals surface area contributed by atoms with Gasteiger partial charge in [0.1, 0.15) is 0 Å². The van der Waals surface area contributed by atoms with Gasteiger partial charge in [0.25, 0.3) is 15.6 Å². The molecule has 0 saturated carbocycles. The molecule has 1 fully saturated rings. The van der Waals surface area contributed by atoms with Crippen LogP contribution in [0.15, 0.2) is 45.6 Å². The number of hydrogen-bond acceptors (Lipinski definition) is 8. The molecular weight excluding hydrogens is 561 g/mol. The molecule has 1 saturated heterocycles. The van der Waals surface area contributed by atoms with Crippen LogP contribution < -0.4 is 5.56 Å². The molecule has 1 unspecified atom stereocenters. The van der Waals surface area contributed by atoms with Crippen molar-refractivity contribution in [2.75, 3.05) is 33.2 Å². The summed E-state index contributed by atoms with van der Waals surface area (Å²) < 4.78 is 70.7. The molecule has 0 aliphatic carbocycles. The number of aromatic nitrogens is 3. The molecule has 0 spiro atoms. The Morgan fingerprint density at radius 3 is 2.54 bits per heavy atom. The van der Waals surface area contributed by atoms with Crippen molar-refractivity contribution in [3.8, 4) is 5.69 Å². The number of sulfonamides is 1. The van der Waals surface area contributed by atoms with E-state index >= 15 is 0 Å². The van der Waals surface area contributed by atoms with Crippen molar-refractivity contribution in [1.29, 1.82) is 0 Å². The smallest absolute Gasteiger partial charge is 0.316 e. The summed E-state index contributed by atoms with van der Waals surface area (Å²) in [6.45, 7) is 8.01. The molecule has 0 radical (unpaired) electrons. The number of benzene rings is 1. The fourth-order valence-electron chi connectivity index (χ4n) is 5.05. The molecule has 3 heterocycles. The monoisotopic (exact) mass is 594 g/mol. The Kier molecular flexibility index (Phi) is 8.43. The summed E-state index contributed by atoms with van der Waals surface area (Å²) in [5.41, 5.74) is 3.33. The minimum absolute atomic E-state index is 0.0140. The predicted octanol–water partition coefficient (Wildman–Crippen LogP) is 3.16. The highest BCUT2D eigenvalue weighted by molar-refractivity contribution is 8.04. The van der Waals surface area contributed by atoms with Crippen LogP contribution in [0.25, 0.3) is 16.6 Å². The molecule has 2 aromatic heterocycles. The molecule has 1 aliphatic heterocycles. The lowest BCUT2D eigenvalue weighted by atomic mass is 9.96. The Hall–Kier alpha value is -3.56. The van der Waals surface area contributed by atoms with E-state index < -0.39 is 28.7 Å². The van der Waals surface area contributed by atoms with E-state index in [0.717, 1.165) is 21.6 Å². The summed E-state index contributed by atoms with van der Waals surface area (Å²) in [5.74, 6) is 0. The number of aryl methyl sites for hydroxylation is 3. The van der Waals surface area contributed by atoms with Crippen LogP contribution in [-0.2, 0) is 17.1 Å². The van der Waals surface area contributed by atoms with Gasteiger partial charge in [0.05, 0.1) is 23.8 Å². The van der Waals surface area contributed by atoms with Gasteiger partial charge in [0.2, 0.25) is 0 Å². The topological polar surface area (TPSA) is 108 Å². The number of alkyl halides is 3. The summed E-state index contributed by atoms with van der Waals surface area (Å²) in [7, 11) is -0.912. The fourth-order valence-corrected chi connectivity index (χ4v) is 6.31. The Labute approximate surface area is 236 Å². The van der Waals surface area contributed by atoms with Crippen LogP contribution in [-0.4, -0.2) is 88.3 Å². The molecule has 15 heteroatoms. The molecule has 222 valence electrons. The lowest BCUT2D eigenvalue weighted by Gasteiger charge is -2.41. The van der Waals surface area contributed by atoms with E-state index in [1.807, 2.05) is 19.1 Å². The average Bonchev–Trinajstić information content (AvgIpc) is 3.31. The number of piperazine rings is 1. The van der Waals surface area contributed by atoms with Crippen molar-refractivity contribution in [2.45, 2.75) is 39.4 Å². The van der Waals surface area contributed by atoms with E-state index in [2.05, 4.69) is 22.0 Å². The van der Waals surface area contributed by atoms with Gasteiger partial charge in [0.15, 0.2) is 5.04 Å². The fraction of sp³-hybridized carbons (Fsp3) is 0.462. The summed E-state index contributed by atoms with van der Waals surface area (Å²) in [5, 5.41) is 13.6. The SMILES string of the molecule is C=NN(C)/N=C(\C)S(=O)(=O)N1CCN(CCC(F)(F)F)C(c2cc3cnn(-c4cc(C)c(=O)n(C)c4)c3cc2C)C1. The first kappa shape index (κ1) is 30.4. The van der Waals surface area contributed by atoms with Crippen LogP contribution in [0.1, 0.15) is 36.1 Å². The Morgan fingerprint density at radius 2 is 1.90 bits per heavy atom. The minimum atomic E-state index is -4.35. The van der Waals surface area contributed by atoms with Crippen molar-refractivity contribution in [3.05, 3.63) is 57.6 Å². The maximum Gasteiger partial charge on any atom is 0.390 e. The van der Waals surface area contributed by atoms with Gasteiger partial charge in [-0.3, -0.25) is 9.69 Å². The van der Waals surface area contributed by atoms with Crippen LogP contribution in [0.4, 0.5) is 13.2 Å². The molecule has 1 aromatic carbocycles. The third kappa shape index (κ3) is 6.36.